The van der Waals surface area contributed by atoms with Crippen LogP contribution in [-0.2, 0) is 0 Å². The smallest absolute Gasteiger partial charge is 0.252 e. The second-order valence-corrected chi connectivity index (χ2v) is 5.79. The predicted molar refractivity (Wildman–Crippen MR) is 104 cm³/mol. The minimum Gasteiger partial charge on any atom is -0.497 e. The van der Waals surface area contributed by atoms with Crippen LogP contribution in [0.15, 0.2) is 66.9 Å². The average Bonchev–Trinajstić information content (AvgIpc) is 2.69. The fourth-order valence-electron chi connectivity index (χ4n) is 2.53. The summed E-state index contributed by atoms with van der Waals surface area (Å²) in [5.74, 6) is 0.597. The zero-order valence-corrected chi connectivity index (χ0v) is 14.7. The second-order valence-electron chi connectivity index (χ2n) is 5.79. The molecule has 2 aromatic carbocycles. The minimum absolute atomic E-state index is 0.185. The van der Waals surface area contributed by atoms with Crippen molar-refractivity contribution in [3.05, 3.63) is 78.0 Å². The molecule has 7 heteroatoms. The van der Waals surface area contributed by atoms with Crippen LogP contribution < -0.4 is 21.1 Å². The SMILES string of the molecule is COc1ccc(Nc2cc(N[C@H](O)c3ccccc3)c(C(N)=O)cn2)cc1. The minimum atomic E-state index is -1.000. The van der Waals surface area contributed by atoms with Crippen molar-refractivity contribution in [1.29, 1.82) is 0 Å². The molecule has 0 radical (unpaired) electrons. The predicted octanol–water partition coefficient (Wildman–Crippen LogP) is 3.04. The maximum atomic E-state index is 11.7. The number of pyridine rings is 1. The number of methoxy groups -OCH3 is 1. The van der Waals surface area contributed by atoms with Crippen LogP contribution in [0.5, 0.6) is 5.75 Å². The molecule has 7 nitrogen and oxygen atoms in total. The van der Waals surface area contributed by atoms with Crippen LogP contribution in [0.1, 0.15) is 22.1 Å². The van der Waals surface area contributed by atoms with E-state index < -0.39 is 12.1 Å². The number of nitrogens with two attached hydrogens (primary N) is 1. The molecular formula is C20H20N4O3. The summed E-state index contributed by atoms with van der Waals surface area (Å²) in [7, 11) is 1.60. The van der Waals surface area contributed by atoms with Gasteiger partial charge in [-0.3, -0.25) is 4.79 Å². The normalized spacial score (nSPS) is 11.5. The summed E-state index contributed by atoms with van der Waals surface area (Å²) in [6.07, 6.45) is 0.370. The Hall–Kier alpha value is -3.58. The molecule has 1 aromatic heterocycles. The summed E-state index contributed by atoms with van der Waals surface area (Å²) in [6.45, 7) is 0. The van der Waals surface area contributed by atoms with Gasteiger partial charge in [-0.1, -0.05) is 30.3 Å². The highest BCUT2D eigenvalue weighted by Gasteiger charge is 2.14. The highest BCUT2D eigenvalue weighted by atomic mass is 16.5. The molecule has 1 heterocycles. The molecule has 0 aliphatic heterocycles. The maximum absolute atomic E-state index is 11.7. The number of aliphatic hydroxyl groups is 1. The summed E-state index contributed by atoms with van der Waals surface area (Å²) in [5, 5.41) is 16.4. The van der Waals surface area contributed by atoms with Gasteiger partial charge in [-0.05, 0) is 24.3 Å². The van der Waals surface area contributed by atoms with E-state index in [9.17, 15) is 9.90 Å². The lowest BCUT2D eigenvalue weighted by Crippen LogP contribution is -2.17. The molecule has 0 unspecified atom stereocenters. The van der Waals surface area contributed by atoms with E-state index in [1.165, 1.54) is 6.20 Å². The first-order valence-electron chi connectivity index (χ1n) is 8.27. The number of amides is 1. The zero-order valence-electron chi connectivity index (χ0n) is 14.7. The Morgan fingerprint density at radius 1 is 1.15 bits per heavy atom. The topological polar surface area (TPSA) is 109 Å². The largest absolute Gasteiger partial charge is 0.497 e. The molecule has 1 amide bonds. The summed E-state index contributed by atoms with van der Waals surface area (Å²) < 4.78 is 5.13. The van der Waals surface area contributed by atoms with Crippen molar-refractivity contribution in [2.75, 3.05) is 17.7 Å². The second kappa shape index (κ2) is 8.20. The van der Waals surface area contributed by atoms with Gasteiger partial charge in [-0.15, -0.1) is 0 Å². The van der Waals surface area contributed by atoms with Crippen molar-refractivity contribution in [3.63, 3.8) is 0 Å². The fraction of sp³-hybridized carbons (Fsp3) is 0.100. The molecule has 0 fully saturated rings. The van der Waals surface area contributed by atoms with Gasteiger partial charge in [-0.2, -0.15) is 0 Å². The Balaban J connectivity index is 1.84. The van der Waals surface area contributed by atoms with Crippen molar-refractivity contribution >= 4 is 23.1 Å². The number of aromatic nitrogens is 1. The molecule has 138 valence electrons. The molecule has 27 heavy (non-hydrogen) atoms. The van der Waals surface area contributed by atoms with Crippen LogP contribution in [0, 0.1) is 0 Å². The van der Waals surface area contributed by atoms with Gasteiger partial charge >= 0.3 is 0 Å². The van der Waals surface area contributed by atoms with Crippen LogP contribution in [0.2, 0.25) is 0 Å². The highest BCUT2D eigenvalue weighted by molar-refractivity contribution is 5.98. The van der Waals surface area contributed by atoms with Gasteiger partial charge < -0.3 is 26.2 Å². The number of primary amides is 1. The van der Waals surface area contributed by atoms with E-state index in [1.807, 2.05) is 42.5 Å². The third kappa shape index (κ3) is 4.53. The van der Waals surface area contributed by atoms with E-state index in [0.29, 0.717) is 17.1 Å². The van der Waals surface area contributed by atoms with Crippen molar-refractivity contribution in [1.82, 2.24) is 4.98 Å². The molecule has 3 aromatic rings. The van der Waals surface area contributed by atoms with E-state index in [1.54, 1.807) is 25.3 Å². The summed E-state index contributed by atoms with van der Waals surface area (Å²) in [4.78, 5) is 15.9. The number of aliphatic hydroxyl groups excluding tert-OH is 1. The standard InChI is InChI=1S/C20H20N4O3/c1-27-15-9-7-14(8-10-15)23-18-11-17(16(12-22-18)19(21)25)24-20(26)13-5-3-2-4-6-13/h2-12,20,26H,1H3,(H2,21,25)(H2,22,23,24)/t20-/m1/s1. The van der Waals surface area contributed by atoms with E-state index in [-0.39, 0.29) is 5.56 Å². The number of anilines is 3. The number of carbonyl (C=O) groups is 1. The van der Waals surface area contributed by atoms with Gasteiger partial charge in [0.15, 0.2) is 6.23 Å². The molecule has 3 rings (SSSR count). The fourth-order valence-corrected chi connectivity index (χ4v) is 2.53. The van der Waals surface area contributed by atoms with E-state index in [2.05, 4.69) is 15.6 Å². The lowest BCUT2D eigenvalue weighted by molar-refractivity contribution is 0.100. The highest BCUT2D eigenvalue weighted by Crippen LogP contribution is 2.25. The molecule has 0 bridgehead atoms. The first-order valence-corrected chi connectivity index (χ1v) is 8.27. The lowest BCUT2D eigenvalue weighted by Gasteiger charge is -2.17. The number of carbonyl (C=O) groups excluding carboxylic acids is 1. The summed E-state index contributed by atoms with van der Waals surface area (Å²) in [6, 6.07) is 18.0. The molecule has 0 saturated heterocycles. The molecule has 0 aliphatic carbocycles. The van der Waals surface area contributed by atoms with Gasteiger partial charge in [-0.25, -0.2) is 4.98 Å². The van der Waals surface area contributed by atoms with Gasteiger partial charge in [0.25, 0.3) is 5.91 Å². The Labute approximate surface area is 156 Å². The molecule has 1 atom stereocenters. The number of ether oxygens (including phenoxy) is 1. The number of benzene rings is 2. The van der Waals surface area contributed by atoms with Crippen molar-refractivity contribution in [3.8, 4) is 5.75 Å². The van der Waals surface area contributed by atoms with Crippen molar-refractivity contribution in [2.45, 2.75) is 6.23 Å². The third-order valence-corrected chi connectivity index (χ3v) is 3.94. The number of nitrogens with one attached hydrogen (secondary N) is 2. The Morgan fingerprint density at radius 2 is 1.85 bits per heavy atom. The van der Waals surface area contributed by atoms with E-state index in [0.717, 1.165) is 11.4 Å². The van der Waals surface area contributed by atoms with E-state index >= 15 is 0 Å². The molecule has 0 aliphatic rings. The first kappa shape index (κ1) is 18.2. The molecule has 5 N–H and O–H groups in total. The van der Waals surface area contributed by atoms with Crippen LogP contribution in [0.3, 0.4) is 0 Å². The Kier molecular flexibility index (Phi) is 5.53. The molecule has 0 spiro atoms. The van der Waals surface area contributed by atoms with Gasteiger partial charge in [0, 0.05) is 23.5 Å². The van der Waals surface area contributed by atoms with E-state index in [4.69, 9.17) is 10.5 Å². The monoisotopic (exact) mass is 364 g/mol. The lowest BCUT2D eigenvalue weighted by atomic mass is 10.1. The molecular weight excluding hydrogens is 344 g/mol. The molecule has 0 saturated carbocycles. The average molecular weight is 364 g/mol. The van der Waals surface area contributed by atoms with Crippen LogP contribution in [-0.4, -0.2) is 23.1 Å². The van der Waals surface area contributed by atoms with Crippen molar-refractivity contribution in [2.24, 2.45) is 5.73 Å². The number of hydrogen-bond donors (Lipinski definition) is 4. The zero-order chi connectivity index (χ0) is 19.2. The number of nitrogens with zero attached hydrogens (tertiary/aromatic N) is 1. The Bertz CT molecular complexity index is 914. The van der Waals surface area contributed by atoms with Gasteiger partial charge in [0.1, 0.15) is 11.6 Å². The van der Waals surface area contributed by atoms with Crippen LogP contribution in [0.25, 0.3) is 0 Å². The van der Waals surface area contributed by atoms with Gasteiger partial charge in [0.2, 0.25) is 0 Å². The number of hydrogen-bond acceptors (Lipinski definition) is 6. The first-order chi connectivity index (χ1) is 13.1. The van der Waals surface area contributed by atoms with Crippen LogP contribution >= 0.6 is 0 Å². The summed E-state index contributed by atoms with van der Waals surface area (Å²) >= 11 is 0. The van der Waals surface area contributed by atoms with Gasteiger partial charge in [0.05, 0.1) is 18.4 Å². The van der Waals surface area contributed by atoms with Crippen molar-refractivity contribution < 1.29 is 14.6 Å². The van der Waals surface area contributed by atoms with Crippen LogP contribution in [0.4, 0.5) is 17.2 Å². The quantitative estimate of drug-likeness (QED) is 0.480. The Morgan fingerprint density at radius 3 is 2.48 bits per heavy atom. The summed E-state index contributed by atoms with van der Waals surface area (Å²) in [5.41, 5.74) is 7.45. The number of rotatable bonds is 7. The third-order valence-electron chi connectivity index (χ3n) is 3.94. The maximum Gasteiger partial charge on any atom is 0.252 e.